The Balaban J connectivity index is 3.11. The van der Waals surface area contributed by atoms with Gasteiger partial charge < -0.3 is 15.5 Å². The highest BCUT2D eigenvalue weighted by atomic mass is 19.1. The maximum absolute atomic E-state index is 13.1. The van der Waals surface area contributed by atoms with Crippen molar-refractivity contribution >= 4 is 0 Å². The minimum Gasteiger partial charge on any atom is -0.504 e. The SMILES string of the molecule is CNCC(O)c1c(F)ccc(F)c1O. The van der Waals surface area contributed by atoms with E-state index in [1.165, 1.54) is 0 Å². The molecule has 3 nitrogen and oxygen atoms in total. The van der Waals surface area contributed by atoms with Crippen LogP contribution in [0.3, 0.4) is 0 Å². The number of aromatic hydroxyl groups is 1. The number of phenolic OH excluding ortho intramolecular Hbond substituents is 1. The number of aliphatic hydroxyl groups is 1. The van der Waals surface area contributed by atoms with Crippen LogP contribution in [-0.2, 0) is 0 Å². The lowest BCUT2D eigenvalue weighted by molar-refractivity contribution is 0.167. The fourth-order valence-electron chi connectivity index (χ4n) is 1.17. The van der Waals surface area contributed by atoms with Gasteiger partial charge in [0, 0.05) is 6.54 Å². The van der Waals surface area contributed by atoms with Crippen LogP contribution in [0.1, 0.15) is 11.7 Å². The molecule has 0 amide bonds. The van der Waals surface area contributed by atoms with Gasteiger partial charge in [0.1, 0.15) is 5.82 Å². The molecule has 0 fully saturated rings. The monoisotopic (exact) mass is 203 g/mol. The third-order valence-corrected chi connectivity index (χ3v) is 1.85. The fourth-order valence-corrected chi connectivity index (χ4v) is 1.17. The van der Waals surface area contributed by atoms with Gasteiger partial charge in [-0.15, -0.1) is 0 Å². The van der Waals surface area contributed by atoms with Gasteiger partial charge in [0.15, 0.2) is 11.6 Å². The van der Waals surface area contributed by atoms with E-state index >= 15 is 0 Å². The molecule has 0 heterocycles. The summed E-state index contributed by atoms with van der Waals surface area (Å²) in [6, 6.07) is 1.67. The molecule has 1 aromatic rings. The van der Waals surface area contributed by atoms with E-state index in [-0.39, 0.29) is 6.54 Å². The molecule has 14 heavy (non-hydrogen) atoms. The van der Waals surface area contributed by atoms with Crippen LogP contribution < -0.4 is 5.32 Å². The van der Waals surface area contributed by atoms with Crippen molar-refractivity contribution in [2.75, 3.05) is 13.6 Å². The fraction of sp³-hybridized carbons (Fsp3) is 0.333. The van der Waals surface area contributed by atoms with E-state index in [1.807, 2.05) is 0 Å². The van der Waals surface area contributed by atoms with E-state index in [4.69, 9.17) is 0 Å². The number of halogens is 2. The number of hydrogen-bond donors (Lipinski definition) is 3. The highest BCUT2D eigenvalue weighted by Gasteiger charge is 2.19. The predicted molar refractivity (Wildman–Crippen MR) is 46.9 cm³/mol. The lowest BCUT2D eigenvalue weighted by atomic mass is 10.1. The number of rotatable bonds is 3. The summed E-state index contributed by atoms with van der Waals surface area (Å²) in [5.74, 6) is -2.61. The molecule has 0 radical (unpaired) electrons. The van der Waals surface area contributed by atoms with E-state index in [9.17, 15) is 19.0 Å². The molecule has 1 rings (SSSR count). The maximum Gasteiger partial charge on any atom is 0.165 e. The van der Waals surface area contributed by atoms with E-state index in [1.54, 1.807) is 7.05 Å². The molecule has 0 saturated carbocycles. The van der Waals surface area contributed by atoms with E-state index < -0.39 is 29.1 Å². The second-order valence-electron chi connectivity index (χ2n) is 2.86. The van der Waals surface area contributed by atoms with Crippen LogP contribution in [0.15, 0.2) is 12.1 Å². The molecular weight excluding hydrogens is 192 g/mol. The number of hydrogen-bond acceptors (Lipinski definition) is 3. The van der Waals surface area contributed by atoms with Gasteiger partial charge in [0.05, 0.1) is 11.7 Å². The normalized spacial score (nSPS) is 12.9. The Labute approximate surface area is 80.0 Å². The van der Waals surface area contributed by atoms with Gasteiger partial charge in [-0.25, -0.2) is 8.78 Å². The molecule has 78 valence electrons. The van der Waals surface area contributed by atoms with Gasteiger partial charge >= 0.3 is 0 Å². The van der Waals surface area contributed by atoms with E-state index in [0.717, 1.165) is 12.1 Å². The Morgan fingerprint density at radius 1 is 1.36 bits per heavy atom. The Morgan fingerprint density at radius 3 is 2.50 bits per heavy atom. The van der Waals surface area contributed by atoms with Crippen LogP contribution in [0.4, 0.5) is 8.78 Å². The summed E-state index contributed by atoms with van der Waals surface area (Å²) in [7, 11) is 1.55. The topological polar surface area (TPSA) is 52.5 Å². The predicted octanol–water partition coefficient (Wildman–Crippen LogP) is 0.923. The van der Waals surface area contributed by atoms with Crippen molar-refractivity contribution in [3.05, 3.63) is 29.3 Å². The average Bonchev–Trinajstić information content (AvgIpc) is 2.13. The zero-order valence-electron chi connectivity index (χ0n) is 7.59. The molecule has 0 aliphatic heterocycles. The number of phenols is 1. The van der Waals surface area contributed by atoms with Gasteiger partial charge in [-0.1, -0.05) is 0 Å². The summed E-state index contributed by atoms with van der Waals surface area (Å²) in [5, 5.41) is 21.1. The first kappa shape index (κ1) is 10.9. The molecule has 1 atom stereocenters. The zero-order valence-corrected chi connectivity index (χ0v) is 7.59. The van der Waals surface area contributed by atoms with Gasteiger partial charge in [-0.05, 0) is 19.2 Å². The minimum absolute atomic E-state index is 0.0356. The van der Waals surface area contributed by atoms with Crippen LogP contribution in [0.25, 0.3) is 0 Å². The van der Waals surface area contributed by atoms with E-state index in [2.05, 4.69) is 5.32 Å². The summed E-state index contributed by atoms with van der Waals surface area (Å²) < 4.78 is 25.9. The summed E-state index contributed by atoms with van der Waals surface area (Å²) in [4.78, 5) is 0. The second-order valence-corrected chi connectivity index (χ2v) is 2.86. The third-order valence-electron chi connectivity index (χ3n) is 1.85. The van der Waals surface area contributed by atoms with Crippen molar-refractivity contribution in [1.82, 2.24) is 5.32 Å². The van der Waals surface area contributed by atoms with Crippen LogP contribution in [-0.4, -0.2) is 23.8 Å². The molecule has 0 aliphatic carbocycles. The highest BCUT2D eigenvalue weighted by Crippen LogP contribution is 2.29. The molecule has 1 aromatic carbocycles. The average molecular weight is 203 g/mol. The van der Waals surface area contributed by atoms with Gasteiger partial charge in [0.25, 0.3) is 0 Å². The van der Waals surface area contributed by atoms with Crippen LogP contribution in [0, 0.1) is 11.6 Å². The summed E-state index contributed by atoms with van der Waals surface area (Å²) in [5.41, 5.74) is -0.417. The van der Waals surface area contributed by atoms with Crippen molar-refractivity contribution in [1.29, 1.82) is 0 Å². The smallest absolute Gasteiger partial charge is 0.165 e. The van der Waals surface area contributed by atoms with Crippen molar-refractivity contribution in [2.24, 2.45) is 0 Å². The Morgan fingerprint density at radius 2 is 1.93 bits per heavy atom. The third kappa shape index (κ3) is 2.00. The summed E-state index contributed by atoms with van der Waals surface area (Å²) in [6.45, 7) is 0.0356. The van der Waals surface area contributed by atoms with Crippen molar-refractivity contribution in [3.63, 3.8) is 0 Å². The van der Waals surface area contributed by atoms with Crippen LogP contribution in [0.2, 0.25) is 0 Å². The minimum atomic E-state index is -1.27. The summed E-state index contributed by atoms with van der Waals surface area (Å²) >= 11 is 0. The molecular formula is C9H11F2NO2. The number of likely N-dealkylation sites (N-methyl/N-ethyl adjacent to an activating group) is 1. The quantitative estimate of drug-likeness (QED) is 0.684. The van der Waals surface area contributed by atoms with Crippen molar-refractivity contribution in [3.8, 4) is 5.75 Å². The lowest BCUT2D eigenvalue weighted by Gasteiger charge is -2.13. The maximum atomic E-state index is 13.1. The number of benzene rings is 1. The van der Waals surface area contributed by atoms with Gasteiger partial charge in [0.2, 0.25) is 0 Å². The largest absolute Gasteiger partial charge is 0.504 e. The number of aliphatic hydroxyl groups excluding tert-OH is 1. The molecule has 0 aromatic heterocycles. The number of nitrogens with one attached hydrogen (secondary N) is 1. The zero-order chi connectivity index (χ0) is 10.7. The first-order valence-corrected chi connectivity index (χ1v) is 4.07. The van der Waals surface area contributed by atoms with Crippen LogP contribution in [0.5, 0.6) is 5.75 Å². The van der Waals surface area contributed by atoms with Crippen LogP contribution >= 0.6 is 0 Å². The lowest BCUT2D eigenvalue weighted by Crippen LogP contribution is -2.18. The molecule has 3 N–H and O–H groups in total. The van der Waals surface area contributed by atoms with Crippen molar-refractivity contribution < 1.29 is 19.0 Å². The Hall–Kier alpha value is -1.20. The summed E-state index contributed by atoms with van der Waals surface area (Å²) in [6.07, 6.45) is -1.27. The molecule has 0 spiro atoms. The van der Waals surface area contributed by atoms with Crippen molar-refractivity contribution in [2.45, 2.75) is 6.10 Å². The molecule has 0 bridgehead atoms. The Bertz CT molecular complexity index is 331. The van der Waals surface area contributed by atoms with E-state index in [0.29, 0.717) is 0 Å². The Kier molecular flexibility index (Phi) is 3.38. The van der Waals surface area contributed by atoms with Gasteiger partial charge in [-0.2, -0.15) is 0 Å². The molecule has 0 saturated heterocycles. The van der Waals surface area contributed by atoms with Gasteiger partial charge in [-0.3, -0.25) is 0 Å². The molecule has 0 aliphatic rings. The first-order valence-electron chi connectivity index (χ1n) is 4.07. The molecule has 5 heteroatoms. The standard InChI is InChI=1S/C9H11F2NO2/c1-12-4-7(13)8-5(10)2-3-6(11)9(8)14/h2-3,7,12-14H,4H2,1H3. The highest BCUT2D eigenvalue weighted by molar-refractivity contribution is 5.36. The second kappa shape index (κ2) is 4.34. The first-order chi connectivity index (χ1) is 6.57. The molecule has 1 unspecified atom stereocenters.